The van der Waals surface area contributed by atoms with Gasteiger partial charge in [-0.2, -0.15) is 18.2 Å². The number of carbonyl (C=O) groups is 1. The number of nitrogens with one attached hydrogen (secondary N) is 1. The Morgan fingerprint density at radius 1 is 1.24 bits per heavy atom. The third-order valence-corrected chi connectivity index (χ3v) is 5.97. The van der Waals surface area contributed by atoms with Gasteiger partial charge in [-0.05, 0) is 44.0 Å². The molecule has 1 saturated heterocycles. The maximum Gasteiger partial charge on any atom is 0.416 e. The van der Waals surface area contributed by atoms with Crippen molar-refractivity contribution in [2.45, 2.75) is 43.7 Å². The van der Waals surface area contributed by atoms with Crippen LogP contribution in [-0.4, -0.2) is 44.4 Å². The number of ether oxygens (including phenoxy) is 1. The van der Waals surface area contributed by atoms with Gasteiger partial charge in [0.05, 0.1) is 23.1 Å². The lowest BCUT2D eigenvalue weighted by Gasteiger charge is -2.22. The van der Waals surface area contributed by atoms with Gasteiger partial charge in [0.25, 0.3) is 0 Å². The van der Waals surface area contributed by atoms with Crippen LogP contribution in [0, 0.1) is 0 Å². The van der Waals surface area contributed by atoms with Gasteiger partial charge in [-0.15, -0.1) is 0 Å². The molecule has 1 N–H and O–H groups in total. The van der Waals surface area contributed by atoms with Crippen LogP contribution in [-0.2, 0) is 16.5 Å². The summed E-state index contributed by atoms with van der Waals surface area (Å²) in [5, 5.41) is 3.22. The van der Waals surface area contributed by atoms with Crippen molar-refractivity contribution < 1.29 is 27.1 Å². The topological polar surface area (TPSA) is 85.2 Å². The first kappa shape index (κ1) is 22.1. The molecule has 2 atom stereocenters. The summed E-state index contributed by atoms with van der Waals surface area (Å²) in [5.41, 5.74) is -0.383. The molecule has 1 aromatic carbocycles. The van der Waals surface area contributed by atoms with Crippen LogP contribution < -0.4 is 10.2 Å². The summed E-state index contributed by atoms with van der Waals surface area (Å²) in [5.74, 6) is 0.424. The van der Waals surface area contributed by atoms with Crippen molar-refractivity contribution in [3.63, 3.8) is 0 Å². The number of hydrogen-bond donors (Lipinski definition) is 1. The smallest absolute Gasteiger partial charge is 0.416 e. The van der Waals surface area contributed by atoms with E-state index in [0.29, 0.717) is 24.2 Å². The molecule has 8 nitrogen and oxygen atoms in total. The second kappa shape index (κ2) is 7.96. The van der Waals surface area contributed by atoms with Crippen LogP contribution in [0.15, 0.2) is 49.1 Å². The lowest BCUT2D eigenvalue weighted by Crippen LogP contribution is -2.39. The molecule has 0 radical (unpaired) electrons. The zero-order chi connectivity index (χ0) is 24.1. The van der Waals surface area contributed by atoms with Crippen molar-refractivity contribution in [3.8, 4) is 5.69 Å². The first-order valence-corrected chi connectivity index (χ1v) is 10.6. The summed E-state index contributed by atoms with van der Waals surface area (Å²) in [6.07, 6.45) is -0.455. The number of amides is 1. The highest BCUT2D eigenvalue weighted by atomic mass is 19.4. The molecule has 0 bridgehead atoms. The number of rotatable bonds is 6. The zero-order valence-corrected chi connectivity index (χ0v) is 18.0. The minimum absolute atomic E-state index is 0.0693. The van der Waals surface area contributed by atoms with E-state index in [4.69, 9.17) is 4.74 Å². The molecule has 1 aliphatic heterocycles. The number of anilines is 2. The highest BCUT2D eigenvalue weighted by Gasteiger charge is 2.47. The molecular formula is C22H20F4N6O2. The average Bonchev–Trinajstić information content (AvgIpc) is 3.21. The molecule has 1 saturated carbocycles. The molecule has 3 aromatic rings. The predicted molar refractivity (Wildman–Crippen MR) is 113 cm³/mol. The summed E-state index contributed by atoms with van der Waals surface area (Å²) >= 11 is 0. The molecule has 0 unspecified atom stereocenters. The molecule has 3 heterocycles. The molecule has 5 rings (SSSR count). The number of hydrogen-bond acceptors (Lipinski definition) is 6. The molecule has 1 amide bonds. The fourth-order valence-corrected chi connectivity index (χ4v) is 3.92. The lowest BCUT2D eigenvalue weighted by molar-refractivity contribution is -0.137. The number of halogens is 4. The monoisotopic (exact) mass is 476 g/mol. The average molecular weight is 476 g/mol. The Balaban J connectivity index is 1.38. The number of alkyl halides is 4. The highest BCUT2D eigenvalue weighted by Crippen LogP contribution is 2.47. The second-order valence-electron chi connectivity index (χ2n) is 8.35. The Morgan fingerprint density at radius 3 is 2.74 bits per heavy atom. The van der Waals surface area contributed by atoms with Gasteiger partial charge in [0.2, 0.25) is 5.95 Å². The molecule has 34 heavy (non-hydrogen) atoms. The SMILES string of the molecule is C[C@H](F)[C@H]1COC(=O)N1c1ccnc(NC2(c3cn(-c4cccc(C(F)(F)F)c4)cn3)CC2)n1. The first-order valence-electron chi connectivity index (χ1n) is 10.6. The highest BCUT2D eigenvalue weighted by molar-refractivity contribution is 5.89. The molecule has 0 spiro atoms. The van der Waals surface area contributed by atoms with E-state index in [0.717, 1.165) is 12.1 Å². The predicted octanol–water partition coefficient (Wildman–Crippen LogP) is 4.47. The third-order valence-electron chi connectivity index (χ3n) is 5.97. The maximum atomic E-state index is 13.9. The van der Waals surface area contributed by atoms with E-state index < -0.39 is 35.6 Å². The molecule has 2 fully saturated rings. The van der Waals surface area contributed by atoms with Crippen molar-refractivity contribution in [2.24, 2.45) is 0 Å². The summed E-state index contributed by atoms with van der Waals surface area (Å²) in [6, 6.07) is 5.69. The van der Waals surface area contributed by atoms with E-state index in [-0.39, 0.29) is 18.4 Å². The second-order valence-corrected chi connectivity index (χ2v) is 8.35. The number of cyclic esters (lactones) is 1. The zero-order valence-electron chi connectivity index (χ0n) is 18.0. The Morgan fingerprint density at radius 2 is 2.03 bits per heavy atom. The Hall–Kier alpha value is -3.70. The fourth-order valence-electron chi connectivity index (χ4n) is 3.92. The van der Waals surface area contributed by atoms with Gasteiger partial charge in [-0.25, -0.2) is 19.2 Å². The number of imidazole rings is 1. The van der Waals surface area contributed by atoms with Gasteiger partial charge >= 0.3 is 12.3 Å². The van der Waals surface area contributed by atoms with Crippen LogP contribution in [0.5, 0.6) is 0 Å². The standard InChI is InChI=1S/C22H20F4N6O2/c1-13(23)16-11-34-20(33)32(16)18-5-8-27-19(29-18)30-21(6-7-21)17-10-31(12-28-17)15-4-2-3-14(9-15)22(24,25)26/h2-5,8-10,12-13,16H,6-7,11H2,1H3,(H,27,29,30)/t13-,16+/m0/s1. The van der Waals surface area contributed by atoms with Crippen LogP contribution >= 0.6 is 0 Å². The van der Waals surface area contributed by atoms with Gasteiger partial charge in [-0.1, -0.05) is 6.07 Å². The van der Waals surface area contributed by atoms with Crippen molar-refractivity contribution in [2.75, 3.05) is 16.8 Å². The number of aromatic nitrogens is 4. The van der Waals surface area contributed by atoms with E-state index in [9.17, 15) is 22.4 Å². The Kier molecular flexibility index (Phi) is 5.18. The van der Waals surface area contributed by atoms with E-state index >= 15 is 0 Å². The summed E-state index contributed by atoms with van der Waals surface area (Å²) in [7, 11) is 0. The molecule has 12 heteroatoms. The molecule has 178 valence electrons. The van der Waals surface area contributed by atoms with Gasteiger partial charge < -0.3 is 14.6 Å². The third kappa shape index (κ3) is 4.03. The largest absolute Gasteiger partial charge is 0.447 e. The minimum Gasteiger partial charge on any atom is -0.447 e. The number of benzene rings is 1. The van der Waals surface area contributed by atoms with E-state index in [1.54, 1.807) is 12.3 Å². The first-order chi connectivity index (χ1) is 16.2. The Labute approximate surface area is 191 Å². The fraction of sp³-hybridized carbons (Fsp3) is 0.364. The van der Waals surface area contributed by atoms with E-state index in [1.165, 1.54) is 41.0 Å². The van der Waals surface area contributed by atoms with Gasteiger partial charge in [0.15, 0.2) is 0 Å². The van der Waals surface area contributed by atoms with Crippen LogP contribution in [0.1, 0.15) is 31.0 Å². The van der Waals surface area contributed by atoms with Crippen molar-refractivity contribution in [3.05, 3.63) is 60.3 Å². The van der Waals surface area contributed by atoms with Crippen LogP contribution in [0.4, 0.5) is 34.1 Å². The molecule has 1 aliphatic carbocycles. The van der Waals surface area contributed by atoms with E-state index in [2.05, 4.69) is 20.3 Å². The summed E-state index contributed by atoms with van der Waals surface area (Å²) in [6.45, 7) is 1.28. The lowest BCUT2D eigenvalue weighted by atomic mass is 10.2. The molecular weight excluding hydrogens is 456 g/mol. The van der Waals surface area contributed by atoms with Crippen LogP contribution in [0.3, 0.4) is 0 Å². The van der Waals surface area contributed by atoms with Crippen molar-refractivity contribution >= 4 is 17.9 Å². The maximum absolute atomic E-state index is 13.9. The van der Waals surface area contributed by atoms with Crippen LogP contribution in [0.2, 0.25) is 0 Å². The minimum atomic E-state index is -4.44. The summed E-state index contributed by atoms with van der Waals surface area (Å²) in [4.78, 5) is 26.2. The quantitative estimate of drug-likeness (QED) is 0.529. The van der Waals surface area contributed by atoms with Crippen molar-refractivity contribution in [1.29, 1.82) is 0 Å². The molecule has 2 aromatic heterocycles. The van der Waals surface area contributed by atoms with Gasteiger partial charge in [-0.3, -0.25) is 4.90 Å². The van der Waals surface area contributed by atoms with Crippen molar-refractivity contribution in [1.82, 2.24) is 19.5 Å². The Bertz CT molecular complexity index is 1220. The van der Waals surface area contributed by atoms with Crippen LogP contribution in [0.25, 0.3) is 5.69 Å². The number of nitrogens with zero attached hydrogens (tertiary/aromatic N) is 5. The molecule has 2 aliphatic rings. The van der Waals surface area contributed by atoms with E-state index in [1.807, 2.05) is 0 Å². The summed E-state index contributed by atoms with van der Waals surface area (Å²) < 4.78 is 59.6. The normalized spacial score (nSPS) is 20.2. The van der Waals surface area contributed by atoms with Gasteiger partial charge in [0.1, 0.15) is 24.6 Å². The van der Waals surface area contributed by atoms with Gasteiger partial charge in [0, 0.05) is 18.1 Å². The number of carbonyl (C=O) groups excluding carboxylic acids is 1.